The number of halogens is 2. The first-order valence-corrected chi connectivity index (χ1v) is 7.36. The van der Waals surface area contributed by atoms with Crippen LogP contribution in [-0.2, 0) is 16.1 Å². The van der Waals surface area contributed by atoms with Gasteiger partial charge in [0, 0.05) is 20.7 Å². The topological polar surface area (TPSA) is 50.8 Å². The zero-order valence-electron chi connectivity index (χ0n) is 13.7. The Kier molecular flexibility index (Phi) is 7.25. The molecule has 0 bridgehead atoms. The second-order valence-corrected chi connectivity index (χ2v) is 5.58. The third-order valence-electron chi connectivity index (χ3n) is 4.17. The van der Waals surface area contributed by atoms with Crippen molar-refractivity contribution in [2.24, 2.45) is 0 Å². The van der Waals surface area contributed by atoms with E-state index in [1.54, 1.807) is 31.2 Å². The van der Waals surface area contributed by atoms with E-state index in [-0.39, 0.29) is 24.1 Å². The number of methoxy groups -OCH3 is 2. The molecule has 1 N–H and O–H groups in total. The number of ether oxygens (including phenoxy) is 2. The van der Waals surface area contributed by atoms with E-state index in [1.165, 1.54) is 13.2 Å². The minimum atomic E-state index is -0.773. The molecule has 7 heteroatoms. The number of hydrogen-bond donors (Lipinski definition) is 1. The van der Waals surface area contributed by atoms with E-state index >= 15 is 0 Å². The summed E-state index contributed by atoms with van der Waals surface area (Å²) in [6.45, 7) is 1.84. The molecule has 0 aromatic heterocycles. The minimum Gasteiger partial charge on any atom is -0.494 e. The van der Waals surface area contributed by atoms with Crippen LogP contribution in [0.4, 0.5) is 4.39 Å². The summed E-state index contributed by atoms with van der Waals surface area (Å²) < 4.78 is 24.2. The molecule has 1 aromatic carbocycles. The van der Waals surface area contributed by atoms with Crippen LogP contribution < -0.4 is 10.1 Å². The molecule has 23 heavy (non-hydrogen) atoms. The molecule has 1 heterocycles. The van der Waals surface area contributed by atoms with Crippen molar-refractivity contribution in [3.05, 3.63) is 29.6 Å². The van der Waals surface area contributed by atoms with E-state index in [0.717, 1.165) is 13.1 Å². The number of nitrogens with one attached hydrogen (secondary N) is 1. The lowest BCUT2D eigenvalue weighted by Gasteiger charge is -2.37. The Morgan fingerprint density at radius 2 is 2.00 bits per heavy atom. The van der Waals surface area contributed by atoms with Crippen molar-refractivity contribution in [2.75, 3.05) is 34.4 Å². The Balaban J connectivity index is 0.00000264. The highest BCUT2D eigenvalue weighted by Crippen LogP contribution is 2.26. The third kappa shape index (κ3) is 4.34. The average molecular weight is 347 g/mol. The lowest BCUT2D eigenvalue weighted by atomic mass is 9.90. The quantitative estimate of drug-likeness (QED) is 0.885. The minimum absolute atomic E-state index is 0. The van der Waals surface area contributed by atoms with Crippen molar-refractivity contribution in [3.63, 3.8) is 0 Å². The van der Waals surface area contributed by atoms with Gasteiger partial charge >= 0.3 is 0 Å². The standard InChI is InChI=1S/C16H23FN2O3.ClH/c1-19(11-12-4-5-14(21-2)13(17)10-12)15(20)16(22-3)6-8-18-9-7-16;/h4-5,10,18H,6-9,11H2,1-3H3;1H. The van der Waals surface area contributed by atoms with Crippen LogP contribution in [0.3, 0.4) is 0 Å². The molecule has 2 rings (SSSR count). The zero-order valence-corrected chi connectivity index (χ0v) is 14.5. The molecular weight excluding hydrogens is 323 g/mol. The molecule has 1 aliphatic heterocycles. The number of carbonyl (C=O) groups excluding carboxylic acids is 1. The van der Waals surface area contributed by atoms with Gasteiger partial charge in [0.05, 0.1) is 7.11 Å². The fraction of sp³-hybridized carbons (Fsp3) is 0.562. The smallest absolute Gasteiger partial charge is 0.254 e. The largest absolute Gasteiger partial charge is 0.494 e. The number of carbonyl (C=O) groups is 1. The molecule has 0 unspecified atom stereocenters. The van der Waals surface area contributed by atoms with Gasteiger partial charge in [0.1, 0.15) is 5.60 Å². The summed E-state index contributed by atoms with van der Waals surface area (Å²) in [5.41, 5.74) is -0.0558. The van der Waals surface area contributed by atoms with Crippen molar-refractivity contribution >= 4 is 18.3 Å². The predicted octanol–water partition coefficient (Wildman–Crippen LogP) is 1.98. The fourth-order valence-electron chi connectivity index (χ4n) is 2.84. The highest BCUT2D eigenvalue weighted by Gasteiger charge is 2.41. The summed E-state index contributed by atoms with van der Waals surface area (Å²) in [7, 11) is 4.71. The van der Waals surface area contributed by atoms with Crippen LogP contribution in [0.15, 0.2) is 18.2 Å². The molecule has 1 saturated heterocycles. The van der Waals surface area contributed by atoms with E-state index in [4.69, 9.17) is 9.47 Å². The van der Waals surface area contributed by atoms with Crippen molar-refractivity contribution in [3.8, 4) is 5.75 Å². The molecule has 1 amide bonds. The molecule has 5 nitrogen and oxygen atoms in total. The lowest BCUT2D eigenvalue weighted by molar-refractivity contribution is -0.157. The second kappa shape index (κ2) is 8.47. The second-order valence-electron chi connectivity index (χ2n) is 5.58. The van der Waals surface area contributed by atoms with Gasteiger partial charge in [0.25, 0.3) is 5.91 Å². The molecule has 1 aliphatic rings. The first kappa shape index (κ1) is 19.7. The van der Waals surface area contributed by atoms with E-state index in [9.17, 15) is 9.18 Å². The molecule has 0 saturated carbocycles. The monoisotopic (exact) mass is 346 g/mol. The van der Waals surface area contributed by atoms with Crippen molar-refractivity contribution < 1.29 is 18.7 Å². The van der Waals surface area contributed by atoms with Crippen molar-refractivity contribution in [1.29, 1.82) is 0 Å². The van der Waals surface area contributed by atoms with Crippen LogP contribution in [0.25, 0.3) is 0 Å². The molecule has 1 aromatic rings. The Labute approximate surface area is 142 Å². The summed E-state index contributed by atoms with van der Waals surface area (Å²) in [6, 6.07) is 4.72. The van der Waals surface area contributed by atoms with Gasteiger partial charge in [0.15, 0.2) is 11.6 Å². The summed E-state index contributed by atoms with van der Waals surface area (Å²) in [5.74, 6) is -0.290. The fourth-order valence-corrected chi connectivity index (χ4v) is 2.84. The Hall–Kier alpha value is -1.37. The number of amides is 1. The Morgan fingerprint density at radius 1 is 1.35 bits per heavy atom. The van der Waals surface area contributed by atoms with Gasteiger partial charge < -0.3 is 19.7 Å². The number of rotatable bonds is 5. The van der Waals surface area contributed by atoms with E-state index < -0.39 is 11.4 Å². The number of hydrogen-bond acceptors (Lipinski definition) is 4. The van der Waals surface area contributed by atoms with Gasteiger partial charge in [-0.05, 0) is 43.6 Å². The summed E-state index contributed by atoms with van der Waals surface area (Å²) >= 11 is 0. The van der Waals surface area contributed by atoms with Crippen LogP contribution in [0.1, 0.15) is 18.4 Å². The van der Waals surface area contributed by atoms with Gasteiger partial charge in [-0.1, -0.05) is 6.07 Å². The third-order valence-corrected chi connectivity index (χ3v) is 4.17. The number of benzene rings is 1. The molecule has 0 atom stereocenters. The lowest BCUT2D eigenvalue weighted by Crippen LogP contribution is -2.54. The molecule has 0 spiro atoms. The Morgan fingerprint density at radius 3 is 2.52 bits per heavy atom. The van der Waals surface area contributed by atoms with Gasteiger partial charge in [-0.15, -0.1) is 12.4 Å². The number of nitrogens with zero attached hydrogens (tertiary/aromatic N) is 1. The first-order chi connectivity index (χ1) is 10.5. The van der Waals surface area contributed by atoms with Crippen molar-refractivity contribution in [2.45, 2.75) is 25.0 Å². The maximum Gasteiger partial charge on any atom is 0.254 e. The van der Waals surface area contributed by atoms with E-state index in [2.05, 4.69) is 5.32 Å². The highest BCUT2D eigenvalue weighted by atomic mass is 35.5. The molecule has 0 radical (unpaired) electrons. The summed E-state index contributed by atoms with van der Waals surface area (Å²) in [6.07, 6.45) is 1.29. The van der Waals surface area contributed by atoms with E-state index in [0.29, 0.717) is 24.9 Å². The van der Waals surface area contributed by atoms with Crippen LogP contribution in [0.5, 0.6) is 5.75 Å². The first-order valence-electron chi connectivity index (χ1n) is 7.36. The summed E-state index contributed by atoms with van der Waals surface area (Å²) in [5, 5.41) is 3.22. The van der Waals surface area contributed by atoms with Crippen LogP contribution in [0, 0.1) is 5.82 Å². The van der Waals surface area contributed by atoms with E-state index in [1.807, 2.05) is 0 Å². The normalized spacial score (nSPS) is 16.3. The van der Waals surface area contributed by atoms with Gasteiger partial charge in [0.2, 0.25) is 0 Å². The SMILES string of the molecule is COc1ccc(CN(C)C(=O)C2(OC)CCNCC2)cc1F.Cl. The van der Waals surface area contributed by atoms with Crippen LogP contribution >= 0.6 is 12.4 Å². The predicted molar refractivity (Wildman–Crippen MR) is 88.5 cm³/mol. The molecule has 0 aliphatic carbocycles. The average Bonchev–Trinajstić information content (AvgIpc) is 2.55. The maximum absolute atomic E-state index is 13.7. The van der Waals surface area contributed by atoms with Crippen LogP contribution in [0.2, 0.25) is 0 Å². The molecule has 1 fully saturated rings. The van der Waals surface area contributed by atoms with Crippen LogP contribution in [-0.4, -0.2) is 50.8 Å². The van der Waals surface area contributed by atoms with Gasteiger partial charge in [-0.25, -0.2) is 4.39 Å². The summed E-state index contributed by atoms with van der Waals surface area (Å²) in [4.78, 5) is 14.3. The Bertz CT molecular complexity index is 536. The van der Waals surface area contributed by atoms with Crippen molar-refractivity contribution in [1.82, 2.24) is 10.2 Å². The van der Waals surface area contributed by atoms with Gasteiger partial charge in [-0.2, -0.15) is 0 Å². The van der Waals surface area contributed by atoms with Gasteiger partial charge in [-0.3, -0.25) is 4.79 Å². The highest BCUT2D eigenvalue weighted by molar-refractivity contribution is 5.85. The number of likely N-dealkylation sites (N-methyl/N-ethyl adjacent to an activating group) is 1. The molecular formula is C16H24ClFN2O3. The molecule has 130 valence electrons. The zero-order chi connectivity index (χ0) is 16.2. The maximum atomic E-state index is 13.7. The number of piperidine rings is 1.